The van der Waals surface area contributed by atoms with Gasteiger partial charge in [0.25, 0.3) is 0 Å². The van der Waals surface area contributed by atoms with E-state index in [1.807, 2.05) is 19.1 Å². The van der Waals surface area contributed by atoms with Crippen LogP contribution in [0.5, 0.6) is 0 Å². The van der Waals surface area contributed by atoms with E-state index in [1.54, 1.807) is 6.07 Å². The zero-order valence-corrected chi connectivity index (χ0v) is 11.7. The molecule has 0 unspecified atom stereocenters. The maximum Gasteiger partial charge on any atom is 0.335 e. The molecular weight excluding hydrogens is 236 g/mol. The number of rotatable bonds is 2. The molecule has 0 aliphatic rings. The molecule has 1 N–H and O–H groups in total. The van der Waals surface area contributed by atoms with Crippen molar-refractivity contribution in [1.29, 1.82) is 0 Å². The molecule has 0 radical (unpaired) electrons. The maximum absolute atomic E-state index is 11.2. The van der Waals surface area contributed by atoms with Gasteiger partial charge in [0.1, 0.15) is 0 Å². The maximum atomic E-state index is 11.2. The van der Waals surface area contributed by atoms with E-state index in [0.717, 1.165) is 16.7 Å². The van der Waals surface area contributed by atoms with Gasteiger partial charge in [-0.3, -0.25) is 0 Å². The normalized spacial score (nSPS) is 10.5. The lowest BCUT2D eigenvalue weighted by molar-refractivity contribution is 0.0696. The molecule has 0 spiro atoms. The zero-order valence-electron chi connectivity index (χ0n) is 11.7. The lowest BCUT2D eigenvalue weighted by atomic mass is 9.93. The second-order valence-electron chi connectivity index (χ2n) is 5.09. The Morgan fingerprint density at radius 1 is 0.842 bits per heavy atom. The zero-order chi connectivity index (χ0) is 14.2. The Bertz CT molecular complexity index is 655. The quantitative estimate of drug-likeness (QED) is 0.868. The summed E-state index contributed by atoms with van der Waals surface area (Å²) < 4.78 is 0. The number of benzene rings is 2. The molecule has 2 heteroatoms. The van der Waals surface area contributed by atoms with Crippen LogP contribution >= 0.6 is 0 Å². The lowest BCUT2D eigenvalue weighted by Crippen LogP contribution is -2.00. The fourth-order valence-electron chi connectivity index (χ4n) is 2.29. The van der Waals surface area contributed by atoms with Gasteiger partial charge in [0.05, 0.1) is 5.56 Å². The Balaban J connectivity index is 2.63. The van der Waals surface area contributed by atoms with Crippen molar-refractivity contribution in [2.24, 2.45) is 0 Å². The van der Waals surface area contributed by atoms with E-state index in [0.29, 0.717) is 5.56 Å². The highest BCUT2D eigenvalue weighted by molar-refractivity contribution is 5.91. The Labute approximate surface area is 113 Å². The van der Waals surface area contributed by atoms with E-state index in [2.05, 4.69) is 32.9 Å². The largest absolute Gasteiger partial charge is 0.478 e. The Kier molecular flexibility index (Phi) is 3.43. The van der Waals surface area contributed by atoms with Gasteiger partial charge in [-0.2, -0.15) is 0 Å². The number of hydrogen-bond donors (Lipinski definition) is 1. The topological polar surface area (TPSA) is 37.3 Å². The Hall–Kier alpha value is -2.09. The molecule has 2 rings (SSSR count). The summed E-state index contributed by atoms with van der Waals surface area (Å²) in [7, 11) is 0. The van der Waals surface area contributed by atoms with Gasteiger partial charge < -0.3 is 5.11 Å². The minimum absolute atomic E-state index is 0.370. The molecule has 0 fully saturated rings. The third-order valence-electron chi connectivity index (χ3n) is 3.62. The second-order valence-corrected chi connectivity index (χ2v) is 5.09. The SMILES string of the molecule is Cc1cc(C)c(-c2ccc(C)c(C(=O)O)c2)cc1C. The van der Waals surface area contributed by atoms with Crippen LogP contribution in [-0.2, 0) is 0 Å². The predicted molar refractivity (Wildman–Crippen MR) is 77.8 cm³/mol. The summed E-state index contributed by atoms with van der Waals surface area (Å²) >= 11 is 0. The summed E-state index contributed by atoms with van der Waals surface area (Å²) in [6, 6.07) is 9.88. The molecule has 2 nitrogen and oxygen atoms in total. The van der Waals surface area contributed by atoms with Gasteiger partial charge in [-0.25, -0.2) is 4.79 Å². The molecule has 0 saturated heterocycles. The molecular formula is C17H18O2. The number of aromatic carboxylic acids is 1. The predicted octanol–water partition coefficient (Wildman–Crippen LogP) is 4.29. The van der Waals surface area contributed by atoms with E-state index < -0.39 is 5.97 Å². The molecule has 0 bridgehead atoms. The summed E-state index contributed by atoms with van der Waals surface area (Å²) in [5.74, 6) is -0.874. The van der Waals surface area contributed by atoms with Gasteiger partial charge in [0.2, 0.25) is 0 Å². The van der Waals surface area contributed by atoms with Gasteiger partial charge >= 0.3 is 5.97 Å². The van der Waals surface area contributed by atoms with Crippen LogP contribution in [0.2, 0.25) is 0 Å². The highest BCUT2D eigenvalue weighted by Gasteiger charge is 2.10. The molecule has 0 heterocycles. The number of hydrogen-bond acceptors (Lipinski definition) is 1. The summed E-state index contributed by atoms with van der Waals surface area (Å²) in [6.45, 7) is 8.04. The molecule has 19 heavy (non-hydrogen) atoms. The van der Waals surface area contributed by atoms with Crippen LogP contribution in [0.25, 0.3) is 11.1 Å². The second kappa shape index (κ2) is 4.88. The first-order valence-electron chi connectivity index (χ1n) is 6.32. The molecule has 2 aromatic rings. The monoisotopic (exact) mass is 254 g/mol. The van der Waals surface area contributed by atoms with Crippen molar-refractivity contribution in [2.75, 3.05) is 0 Å². The fraction of sp³-hybridized carbons (Fsp3) is 0.235. The van der Waals surface area contributed by atoms with Crippen molar-refractivity contribution in [2.45, 2.75) is 27.7 Å². The van der Waals surface area contributed by atoms with Crippen LogP contribution < -0.4 is 0 Å². The van der Waals surface area contributed by atoms with E-state index in [9.17, 15) is 9.90 Å². The van der Waals surface area contributed by atoms with Crippen LogP contribution in [0.4, 0.5) is 0 Å². The van der Waals surface area contributed by atoms with Crippen LogP contribution in [0.3, 0.4) is 0 Å². The first kappa shape index (κ1) is 13.3. The molecule has 2 aromatic carbocycles. The number of carbonyl (C=O) groups is 1. The molecule has 0 amide bonds. The van der Waals surface area contributed by atoms with Crippen molar-refractivity contribution < 1.29 is 9.90 Å². The van der Waals surface area contributed by atoms with Gasteiger partial charge in [-0.1, -0.05) is 24.3 Å². The molecule has 0 aliphatic heterocycles. The molecule has 0 atom stereocenters. The molecule has 98 valence electrons. The van der Waals surface area contributed by atoms with Crippen LogP contribution in [-0.4, -0.2) is 11.1 Å². The minimum Gasteiger partial charge on any atom is -0.478 e. The van der Waals surface area contributed by atoms with E-state index >= 15 is 0 Å². The number of aryl methyl sites for hydroxylation is 4. The van der Waals surface area contributed by atoms with Gasteiger partial charge in [0.15, 0.2) is 0 Å². The van der Waals surface area contributed by atoms with Crippen LogP contribution in [0.1, 0.15) is 32.6 Å². The molecule has 0 aliphatic carbocycles. The summed E-state index contributed by atoms with van der Waals surface area (Å²) in [5.41, 5.74) is 6.87. The van der Waals surface area contributed by atoms with Gasteiger partial charge in [-0.15, -0.1) is 0 Å². The average molecular weight is 254 g/mol. The third-order valence-corrected chi connectivity index (χ3v) is 3.62. The fourth-order valence-corrected chi connectivity index (χ4v) is 2.29. The van der Waals surface area contributed by atoms with Crippen LogP contribution in [0, 0.1) is 27.7 Å². The van der Waals surface area contributed by atoms with Crippen molar-refractivity contribution in [3.05, 3.63) is 58.1 Å². The smallest absolute Gasteiger partial charge is 0.335 e. The van der Waals surface area contributed by atoms with E-state index in [4.69, 9.17) is 0 Å². The van der Waals surface area contributed by atoms with Crippen LogP contribution in [0.15, 0.2) is 30.3 Å². The summed E-state index contributed by atoms with van der Waals surface area (Å²) in [6.07, 6.45) is 0. The minimum atomic E-state index is -0.874. The number of carboxylic acids is 1. The Morgan fingerprint density at radius 2 is 1.47 bits per heavy atom. The standard InChI is InChI=1S/C17H18O2/c1-10-5-6-14(9-16(10)17(18)19)15-8-12(3)11(2)7-13(15)4/h5-9H,1-4H3,(H,18,19). The first-order valence-corrected chi connectivity index (χ1v) is 6.32. The average Bonchev–Trinajstić information content (AvgIpc) is 2.34. The first-order chi connectivity index (χ1) is 8.90. The molecule has 0 saturated carbocycles. The van der Waals surface area contributed by atoms with Gasteiger partial charge in [-0.05, 0) is 67.1 Å². The number of carboxylic acid groups (broad SMARTS) is 1. The third kappa shape index (κ3) is 2.53. The van der Waals surface area contributed by atoms with Crippen molar-refractivity contribution in [3.63, 3.8) is 0 Å². The van der Waals surface area contributed by atoms with Crippen molar-refractivity contribution in [3.8, 4) is 11.1 Å². The lowest BCUT2D eigenvalue weighted by Gasteiger charge is -2.11. The van der Waals surface area contributed by atoms with E-state index in [-0.39, 0.29) is 0 Å². The summed E-state index contributed by atoms with van der Waals surface area (Å²) in [5, 5.41) is 9.21. The van der Waals surface area contributed by atoms with Gasteiger partial charge in [0, 0.05) is 0 Å². The highest BCUT2D eigenvalue weighted by atomic mass is 16.4. The van der Waals surface area contributed by atoms with E-state index in [1.165, 1.54) is 16.7 Å². The Morgan fingerprint density at radius 3 is 2.11 bits per heavy atom. The molecule has 0 aromatic heterocycles. The highest BCUT2D eigenvalue weighted by Crippen LogP contribution is 2.28. The van der Waals surface area contributed by atoms with Crippen molar-refractivity contribution >= 4 is 5.97 Å². The summed E-state index contributed by atoms with van der Waals surface area (Å²) in [4.78, 5) is 11.2. The van der Waals surface area contributed by atoms with Crippen molar-refractivity contribution in [1.82, 2.24) is 0 Å².